The lowest BCUT2D eigenvalue weighted by Gasteiger charge is -2.12. The number of non-ortho nitro benzene ring substituents is 1. The summed E-state index contributed by atoms with van der Waals surface area (Å²) in [5.41, 5.74) is 4.58. The van der Waals surface area contributed by atoms with E-state index in [1.807, 2.05) is 0 Å². The lowest BCUT2D eigenvalue weighted by atomic mass is 10.1. The number of hydrogen-bond donors (Lipinski definition) is 2. The molecule has 1 aliphatic carbocycles. The summed E-state index contributed by atoms with van der Waals surface area (Å²) in [6.07, 6.45) is 1.37. The maximum Gasteiger partial charge on any atom is 0.274 e. The largest absolute Gasteiger partial charge is 0.329 e. The highest BCUT2D eigenvalue weighted by molar-refractivity contribution is 5.97. The van der Waals surface area contributed by atoms with Gasteiger partial charge in [-0.2, -0.15) is 0 Å². The molecule has 1 aliphatic rings. The summed E-state index contributed by atoms with van der Waals surface area (Å²) >= 11 is 0. The summed E-state index contributed by atoms with van der Waals surface area (Å²) < 4.78 is 13.2. The van der Waals surface area contributed by atoms with Crippen molar-refractivity contribution >= 4 is 17.3 Å². The molecule has 2 rings (SSSR count). The third-order valence-electron chi connectivity index (χ3n) is 3.08. The highest BCUT2D eigenvalue weighted by atomic mass is 19.1. The second-order valence-electron chi connectivity index (χ2n) is 4.39. The fraction of sp³-hybridized carbons (Fsp3) is 0.364. The van der Waals surface area contributed by atoms with Gasteiger partial charge in [-0.15, -0.1) is 0 Å². The Kier molecular flexibility index (Phi) is 3.00. The molecule has 1 amide bonds. The first-order valence-corrected chi connectivity index (χ1v) is 5.43. The second-order valence-corrected chi connectivity index (χ2v) is 4.39. The number of nitrogens with two attached hydrogens (primary N) is 1. The number of nitro groups is 1. The fourth-order valence-corrected chi connectivity index (χ4v) is 1.69. The van der Waals surface area contributed by atoms with Crippen molar-refractivity contribution in [2.75, 3.05) is 11.9 Å². The minimum Gasteiger partial charge on any atom is -0.329 e. The summed E-state index contributed by atoms with van der Waals surface area (Å²) in [7, 11) is 0. The molecule has 6 nitrogen and oxygen atoms in total. The van der Waals surface area contributed by atoms with E-state index < -0.39 is 21.8 Å². The molecular weight excluding hydrogens is 241 g/mol. The van der Waals surface area contributed by atoms with Crippen LogP contribution in [0.5, 0.6) is 0 Å². The van der Waals surface area contributed by atoms with Gasteiger partial charge in [0.05, 0.1) is 22.1 Å². The third kappa shape index (κ3) is 2.30. The summed E-state index contributed by atoms with van der Waals surface area (Å²) in [6, 6.07) is 2.95. The molecule has 0 aliphatic heterocycles. The molecule has 0 aromatic heterocycles. The minimum absolute atomic E-state index is 0.0754. The number of carbonyl (C=O) groups is 1. The van der Waals surface area contributed by atoms with Crippen molar-refractivity contribution in [2.24, 2.45) is 11.1 Å². The van der Waals surface area contributed by atoms with Crippen LogP contribution in [0.3, 0.4) is 0 Å². The van der Waals surface area contributed by atoms with E-state index in [9.17, 15) is 19.3 Å². The maximum absolute atomic E-state index is 13.2. The zero-order valence-electron chi connectivity index (χ0n) is 9.48. The van der Waals surface area contributed by atoms with Gasteiger partial charge in [0.25, 0.3) is 5.69 Å². The van der Waals surface area contributed by atoms with Crippen molar-refractivity contribution in [2.45, 2.75) is 12.8 Å². The van der Waals surface area contributed by atoms with Gasteiger partial charge in [0, 0.05) is 12.6 Å². The summed E-state index contributed by atoms with van der Waals surface area (Å²) in [5.74, 6) is -1.08. The predicted molar refractivity (Wildman–Crippen MR) is 62.4 cm³/mol. The third-order valence-corrected chi connectivity index (χ3v) is 3.08. The molecule has 0 unspecified atom stereocenters. The van der Waals surface area contributed by atoms with Crippen molar-refractivity contribution < 1.29 is 14.1 Å². The van der Waals surface area contributed by atoms with Crippen molar-refractivity contribution in [3.8, 4) is 0 Å². The van der Waals surface area contributed by atoms with Gasteiger partial charge in [0.2, 0.25) is 5.91 Å². The normalized spacial score (nSPS) is 16.1. The molecule has 1 saturated carbocycles. The lowest BCUT2D eigenvalue weighted by molar-refractivity contribution is -0.385. The topological polar surface area (TPSA) is 98.3 Å². The number of anilines is 1. The van der Waals surface area contributed by atoms with Crippen LogP contribution < -0.4 is 11.1 Å². The van der Waals surface area contributed by atoms with Gasteiger partial charge in [-0.1, -0.05) is 0 Å². The van der Waals surface area contributed by atoms with Crippen LogP contribution in [-0.2, 0) is 4.79 Å². The molecule has 0 spiro atoms. The molecule has 0 bridgehead atoms. The molecule has 0 radical (unpaired) electrons. The van der Waals surface area contributed by atoms with Crippen molar-refractivity contribution in [3.05, 3.63) is 34.1 Å². The van der Waals surface area contributed by atoms with Gasteiger partial charge in [-0.25, -0.2) is 4.39 Å². The van der Waals surface area contributed by atoms with Crippen LogP contribution in [-0.4, -0.2) is 17.4 Å². The first-order valence-electron chi connectivity index (χ1n) is 5.43. The Morgan fingerprint density at radius 3 is 2.67 bits per heavy atom. The number of rotatable bonds is 4. The number of benzene rings is 1. The number of nitro benzene ring substituents is 1. The van der Waals surface area contributed by atoms with Crippen molar-refractivity contribution in [1.29, 1.82) is 0 Å². The first-order chi connectivity index (χ1) is 8.47. The standard InChI is InChI=1S/C11H12FN3O3/c12-7-3-8(5-9(4-7)15(17)18)14-10(16)11(6-13)1-2-11/h3-5H,1-2,6,13H2,(H,14,16). The number of halogens is 1. The Morgan fingerprint density at radius 2 is 2.17 bits per heavy atom. The summed E-state index contributed by atoms with van der Waals surface area (Å²) in [5, 5.41) is 13.0. The quantitative estimate of drug-likeness (QED) is 0.626. The van der Waals surface area contributed by atoms with E-state index in [0.29, 0.717) is 12.8 Å². The Hall–Kier alpha value is -2.02. The van der Waals surface area contributed by atoms with Crippen LogP contribution in [0, 0.1) is 21.3 Å². The SMILES string of the molecule is NCC1(C(=O)Nc2cc(F)cc([N+](=O)[O-])c2)CC1. The molecule has 0 saturated heterocycles. The maximum atomic E-state index is 13.2. The van der Waals surface area contributed by atoms with Crippen LogP contribution in [0.2, 0.25) is 0 Å². The van der Waals surface area contributed by atoms with Crippen LogP contribution in [0.25, 0.3) is 0 Å². The molecule has 0 heterocycles. The second kappa shape index (κ2) is 4.34. The van der Waals surface area contributed by atoms with E-state index in [1.165, 1.54) is 0 Å². The number of amides is 1. The van der Waals surface area contributed by atoms with Crippen LogP contribution in [0.1, 0.15) is 12.8 Å². The van der Waals surface area contributed by atoms with Crippen molar-refractivity contribution in [1.82, 2.24) is 0 Å². The van der Waals surface area contributed by atoms with Crippen LogP contribution in [0.15, 0.2) is 18.2 Å². The molecule has 1 aromatic carbocycles. The smallest absolute Gasteiger partial charge is 0.274 e. The number of nitrogens with zero attached hydrogens (tertiary/aromatic N) is 1. The van der Waals surface area contributed by atoms with Gasteiger partial charge >= 0.3 is 0 Å². The molecule has 96 valence electrons. The Balaban J connectivity index is 2.19. The van der Waals surface area contributed by atoms with Gasteiger partial charge in [-0.05, 0) is 18.9 Å². The van der Waals surface area contributed by atoms with E-state index in [-0.39, 0.29) is 18.1 Å². The average Bonchev–Trinajstić information content (AvgIpc) is 3.08. The van der Waals surface area contributed by atoms with E-state index in [0.717, 1.165) is 18.2 Å². The molecule has 1 fully saturated rings. The van der Waals surface area contributed by atoms with Gasteiger partial charge in [0.15, 0.2) is 0 Å². The Bertz CT molecular complexity index is 514. The van der Waals surface area contributed by atoms with Gasteiger partial charge in [0.1, 0.15) is 5.82 Å². The molecule has 7 heteroatoms. The molecule has 1 aromatic rings. The van der Waals surface area contributed by atoms with Crippen molar-refractivity contribution in [3.63, 3.8) is 0 Å². The molecular formula is C11H12FN3O3. The Labute approximate surface area is 102 Å². The predicted octanol–water partition coefficient (Wildman–Crippen LogP) is 1.41. The highest BCUT2D eigenvalue weighted by Gasteiger charge is 2.48. The average molecular weight is 253 g/mol. The molecule has 0 atom stereocenters. The summed E-state index contributed by atoms with van der Waals surface area (Å²) in [4.78, 5) is 21.7. The molecule has 18 heavy (non-hydrogen) atoms. The number of hydrogen-bond acceptors (Lipinski definition) is 4. The summed E-state index contributed by atoms with van der Waals surface area (Å²) in [6.45, 7) is 0.218. The first kappa shape index (κ1) is 12.4. The monoisotopic (exact) mass is 253 g/mol. The van der Waals surface area contributed by atoms with E-state index in [1.54, 1.807) is 0 Å². The van der Waals surface area contributed by atoms with Gasteiger partial charge in [-0.3, -0.25) is 14.9 Å². The zero-order chi connectivity index (χ0) is 13.3. The number of carbonyl (C=O) groups excluding carboxylic acids is 1. The van der Waals surface area contributed by atoms with E-state index >= 15 is 0 Å². The Morgan fingerprint density at radius 1 is 1.50 bits per heavy atom. The number of nitrogens with one attached hydrogen (secondary N) is 1. The van der Waals surface area contributed by atoms with E-state index in [2.05, 4.69) is 5.32 Å². The van der Waals surface area contributed by atoms with Crippen LogP contribution in [0.4, 0.5) is 15.8 Å². The minimum atomic E-state index is -0.767. The zero-order valence-corrected chi connectivity index (χ0v) is 9.48. The van der Waals surface area contributed by atoms with Gasteiger partial charge < -0.3 is 11.1 Å². The fourth-order valence-electron chi connectivity index (χ4n) is 1.69. The molecule has 3 N–H and O–H groups in total. The van der Waals surface area contributed by atoms with E-state index in [4.69, 9.17) is 5.73 Å². The highest BCUT2D eigenvalue weighted by Crippen LogP contribution is 2.45. The van der Waals surface area contributed by atoms with Crippen LogP contribution >= 0.6 is 0 Å². The lowest BCUT2D eigenvalue weighted by Crippen LogP contribution is -2.30.